The molecular formula is C11H20NO8P. The zero-order valence-corrected chi connectivity index (χ0v) is 12.3. The second-order valence-corrected chi connectivity index (χ2v) is 5.85. The van der Waals surface area contributed by atoms with Crippen molar-refractivity contribution in [2.24, 2.45) is 0 Å². The van der Waals surface area contributed by atoms with E-state index in [0.717, 1.165) is 0 Å². The predicted molar refractivity (Wildman–Crippen MR) is 71.7 cm³/mol. The summed E-state index contributed by atoms with van der Waals surface area (Å²) in [7, 11) is -4.45. The number of phosphoric ester groups is 1. The molecule has 0 amide bonds. The molecule has 122 valence electrons. The van der Waals surface area contributed by atoms with Crippen molar-refractivity contribution in [3.63, 3.8) is 0 Å². The van der Waals surface area contributed by atoms with Crippen molar-refractivity contribution in [2.75, 3.05) is 26.4 Å². The summed E-state index contributed by atoms with van der Waals surface area (Å²) in [5.41, 5.74) is 0. The van der Waals surface area contributed by atoms with Crippen molar-refractivity contribution in [3.8, 4) is 0 Å². The highest BCUT2D eigenvalue weighted by Gasteiger charge is 2.39. The van der Waals surface area contributed by atoms with Gasteiger partial charge in [-0.2, -0.15) is 0 Å². The molecule has 1 rings (SSSR count). The molecule has 21 heavy (non-hydrogen) atoms. The van der Waals surface area contributed by atoms with E-state index in [1.165, 1.54) is 6.08 Å². The van der Waals surface area contributed by atoms with E-state index in [4.69, 9.17) is 14.4 Å². The normalized spacial score (nSPS) is 26.2. The van der Waals surface area contributed by atoms with Crippen molar-refractivity contribution in [1.29, 1.82) is 0 Å². The minimum Gasteiger partial charge on any atom is -0.480 e. The Balaban J connectivity index is 2.37. The molecule has 0 bridgehead atoms. The summed E-state index contributed by atoms with van der Waals surface area (Å²) in [6.07, 6.45) is -0.304. The summed E-state index contributed by atoms with van der Waals surface area (Å²) >= 11 is 0. The van der Waals surface area contributed by atoms with Gasteiger partial charge >= 0.3 is 13.8 Å². The van der Waals surface area contributed by atoms with E-state index in [2.05, 4.69) is 16.4 Å². The minimum absolute atomic E-state index is 0.0885. The first kappa shape index (κ1) is 18.2. The van der Waals surface area contributed by atoms with Crippen molar-refractivity contribution < 1.29 is 38.3 Å². The maximum atomic E-state index is 11.7. The molecule has 0 aromatic carbocycles. The van der Waals surface area contributed by atoms with Gasteiger partial charge in [-0.3, -0.25) is 13.8 Å². The van der Waals surface area contributed by atoms with Gasteiger partial charge in [-0.15, -0.1) is 6.58 Å². The van der Waals surface area contributed by atoms with E-state index in [1.807, 2.05) is 0 Å². The number of phosphoric acid groups is 1. The van der Waals surface area contributed by atoms with Crippen LogP contribution >= 0.6 is 7.82 Å². The molecule has 10 heteroatoms. The first-order valence-corrected chi connectivity index (χ1v) is 7.84. The maximum absolute atomic E-state index is 11.7. The van der Waals surface area contributed by atoms with Crippen molar-refractivity contribution in [1.82, 2.24) is 5.32 Å². The highest BCUT2D eigenvalue weighted by atomic mass is 31.2. The molecule has 1 fully saturated rings. The second kappa shape index (κ2) is 8.60. The summed E-state index contributed by atoms with van der Waals surface area (Å²) in [6.45, 7) is 3.46. The molecule has 0 aromatic rings. The monoisotopic (exact) mass is 325 g/mol. The van der Waals surface area contributed by atoms with Gasteiger partial charge in [-0.05, 0) is 13.0 Å². The van der Waals surface area contributed by atoms with Crippen LogP contribution in [0.25, 0.3) is 0 Å². The van der Waals surface area contributed by atoms with Gasteiger partial charge in [0.1, 0.15) is 12.1 Å². The van der Waals surface area contributed by atoms with Gasteiger partial charge in [0.15, 0.2) is 0 Å². The fourth-order valence-corrected chi connectivity index (χ4v) is 2.75. The standard InChI is InChI=1S/C11H20NO8P/c1-2-5-18-6-8(13)7-19-21(16,17)20-9-3-4-12-10(9)11(14)15/h2,8-10,12-13H,1,3-7H2,(H,14,15)(H,16,17)/t8-,9?,10-/m0/s1. The number of hydrogen-bond donors (Lipinski definition) is 4. The Kier molecular flexibility index (Phi) is 7.47. The Labute approximate surface area is 122 Å². The average molecular weight is 325 g/mol. The molecular weight excluding hydrogens is 305 g/mol. The minimum atomic E-state index is -4.45. The van der Waals surface area contributed by atoms with Crippen molar-refractivity contribution in [3.05, 3.63) is 12.7 Å². The fraction of sp³-hybridized carbons (Fsp3) is 0.727. The molecule has 4 atom stereocenters. The molecule has 0 spiro atoms. The van der Waals surface area contributed by atoms with Crippen molar-refractivity contribution >= 4 is 13.8 Å². The smallest absolute Gasteiger partial charge is 0.472 e. The lowest BCUT2D eigenvalue weighted by Gasteiger charge is -2.20. The van der Waals surface area contributed by atoms with Crippen LogP contribution in [-0.4, -0.2) is 65.7 Å². The zero-order valence-electron chi connectivity index (χ0n) is 11.4. The van der Waals surface area contributed by atoms with Crippen LogP contribution in [-0.2, 0) is 23.1 Å². The summed E-state index contributed by atoms with van der Waals surface area (Å²) in [5, 5.41) is 21.0. The molecule has 1 aliphatic rings. The summed E-state index contributed by atoms with van der Waals surface area (Å²) < 4.78 is 26.1. The highest BCUT2D eigenvalue weighted by Crippen LogP contribution is 2.46. The number of hydrogen-bond acceptors (Lipinski definition) is 7. The lowest BCUT2D eigenvalue weighted by atomic mass is 10.2. The van der Waals surface area contributed by atoms with Crippen LogP contribution in [0.5, 0.6) is 0 Å². The summed E-state index contributed by atoms with van der Waals surface area (Å²) in [4.78, 5) is 20.4. The molecule has 0 radical (unpaired) electrons. The Hall–Kier alpha value is -0.800. The molecule has 1 aliphatic heterocycles. The topological polar surface area (TPSA) is 135 Å². The van der Waals surface area contributed by atoms with Crippen LogP contribution < -0.4 is 5.32 Å². The van der Waals surface area contributed by atoms with Gasteiger partial charge in [-0.25, -0.2) is 4.57 Å². The Morgan fingerprint density at radius 2 is 2.24 bits per heavy atom. The molecule has 9 nitrogen and oxygen atoms in total. The molecule has 0 saturated carbocycles. The number of ether oxygens (including phenoxy) is 1. The van der Waals surface area contributed by atoms with Gasteiger partial charge in [0.25, 0.3) is 0 Å². The fourth-order valence-electron chi connectivity index (χ4n) is 1.76. The molecule has 0 aromatic heterocycles. The van der Waals surface area contributed by atoms with Gasteiger partial charge < -0.3 is 25.2 Å². The van der Waals surface area contributed by atoms with E-state index in [9.17, 15) is 19.4 Å². The first-order chi connectivity index (χ1) is 9.85. The number of carboxylic acid groups (broad SMARTS) is 1. The van der Waals surface area contributed by atoms with Crippen LogP contribution in [0.15, 0.2) is 12.7 Å². The van der Waals surface area contributed by atoms with Crippen LogP contribution in [0, 0.1) is 0 Å². The number of carboxylic acids is 1. The second-order valence-electron chi connectivity index (χ2n) is 4.45. The van der Waals surface area contributed by atoms with E-state index < -0.39 is 38.6 Å². The maximum Gasteiger partial charge on any atom is 0.472 e. The first-order valence-electron chi connectivity index (χ1n) is 6.34. The van der Waals surface area contributed by atoms with E-state index in [1.54, 1.807) is 0 Å². The number of nitrogens with one attached hydrogen (secondary N) is 1. The number of aliphatic hydroxyl groups excluding tert-OH is 1. The van der Waals surface area contributed by atoms with Crippen molar-refractivity contribution in [2.45, 2.75) is 24.7 Å². The van der Waals surface area contributed by atoms with Crippen LogP contribution in [0.2, 0.25) is 0 Å². The number of rotatable bonds is 10. The summed E-state index contributed by atoms with van der Waals surface area (Å²) in [5.74, 6) is -1.17. The van der Waals surface area contributed by atoms with Crippen LogP contribution in [0.3, 0.4) is 0 Å². The lowest BCUT2D eigenvalue weighted by molar-refractivity contribution is -0.141. The average Bonchev–Trinajstić information content (AvgIpc) is 2.84. The van der Waals surface area contributed by atoms with Gasteiger partial charge in [0.2, 0.25) is 0 Å². The number of aliphatic carboxylic acids is 1. The predicted octanol–water partition coefficient (Wildman–Crippen LogP) is -0.501. The molecule has 1 saturated heterocycles. The summed E-state index contributed by atoms with van der Waals surface area (Å²) in [6, 6.07) is -1.06. The van der Waals surface area contributed by atoms with E-state index in [-0.39, 0.29) is 19.6 Å². The quantitative estimate of drug-likeness (QED) is 0.238. The Bertz CT molecular complexity index is 404. The molecule has 4 N–H and O–H groups in total. The lowest BCUT2D eigenvalue weighted by Crippen LogP contribution is -2.39. The van der Waals surface area contributed by atoms with Crippen LogP contribution in [0.1, 0.15) is 6.42 Å². The van der Waals surface area contributed by atoms with Gasteiger partial charge in [-0.1, -0.05) is 6.08 Å². The third-order valence-corrected chi connectivity index (χ3v) is 3.69. The molecule has 0 aliphatic carbocycles. The van der Waals surface area contributed by atoms with Gasteiger partial charge in [0, 0.05) is 0 Å². The third kappa shape index (κ3) is 6.66. The number of aliphatic hydroxyl groups is 1. The Morgan fingerprint density at radius 1 is 1.52 bits per heavy atom. The molecule has 1 heterocycles. The number of carbonyl (C=O) groups is 1. The van der Waals surface area contributed by atoms with E-state index >= 15 is 0 Å². The highest BCUT2D eigenvalue weighted by molar-refractivity contribution is 7.47. The zero-order chi connectivity index (χ0) is 15.9. The van der Waals surface area contributed by atoms with E-state index in [0.29, 0.717) is 6.54 Å². The largest absolute Gasteiger partial charge is 0.480 e. The van der Waals surface area contributed by atoms with Crippen LogP contribution in [0.4, 0.5) is 0 Å². The molecule has 2 unspecified atom stereocenters. The Morgan fingerprint density at radius 3 is 2.86 bits per heavy atom. The van der Waals surface area contributed by atoms with Gasteiger partial charge in [0.05, 0.1) is 25.9 Å². The third-order valence-electron chi connectivity index (χ3n) is 2.68. The SMILES string of the molecule is C=CCOC[C@H](O)COP(=O)(O)OC1CCN[C@@H]1C(=O)O.